The maximum absolute atomic E-state index is 11.2. The van der Waals surface area contributed by atoms with E-state index in [1.165, 1.54) is 26.2 Å². The lowest BCUT2D eigenvalue weighted by Crippen LogP contribution is -2.42. The number of nitrogens with zero attached hydrogens (tertiary/aromatic N) is 1. The van der Waals surface area contributed by atoms with Crippen LogP contribution in [0, 0.1) is 0 Å². The summed E-state index contributed by atoms with van der Waals surface area (Å²) in [5, 5.41) is 4.92. The summed E-state index contributed by atoms with van der Waals surface area (Å²) < 4.78 is 44.0. The zero-order valence-electron chi connectivity index (χ0n) is 9.08. The van der Waals surface area contributed by atoms with Gasteiger partial charge in [0.1, 0.15) is 10.6 Å². The van der Waals surface area contributed by atoms with Gasteiger partial charge in [0, 0.05) is 12.1 Å². The fourth-order valence-corrected chi connectivity index (χ4v) is 2.48. The molecule has 0 amide bonds. The third-order valence-corrected chi connectivity index (χ3v) is 4.56. The highest BCUT2D eigenvalue weighted by atomic mass is 35.5. The highest BCUT2D eigenvalue weighted by Gasteiger charge is 2.24. The van der Waals surface area contributed by atoms with Gasteiger partial charge < -0.3 is 4.55 Å². The normalized spacial score (nSPS) is 14.6. The molecule has 0 saturated heterocycles. The van der Waals surface area contributed by atoms with Gasteiger partial charge in [-0.15, -0.1) is 0 Å². The maximum Gasteiger partial charge on any atom is 0.239 e. The fraction of sp³-hybridized carbons (Fsp3) is 0.250. The van der Waals surface area contributed by atoms with Gasteiger partial charge in [0.15, 0.2) is 11.3 Å². The van der Waals surface area contributed by atoms with Gasteiger partial charge in [-0.05, 0) is 6.07 Å². The Morgan fingerprint density at radius 1 is 1.41 bits per heavy atom. The highest BCUT2D eigenvalue weighted by Crippen LogP contribution is 2.28. The number of hydrogen-bond donors (Lipinski definition) is 1. The molecule has 6 nitrogen and oxygen atoms in total. The number of primary sulfonamides is 1. The lowest BCUT2D eigenvalue weighted by molar-refractivity contribution is 0.465. The molecule has 0 aliphatic rings. The lowest BCUT2D eigenvalue weighted by Gasteiger charge is -2.29. The summed E-state index contributed by atoms with van der Waals surface area (Å²) in [6.45, 7) is 0. The summed E-state index contributed by atoms with van der Waals surface area (Å²) in [6.07, 6.45) is 0. The van der Waals surface area contributed by atoms with Gasteiger partial charge in [0.25, 0.3) is 0 Å². The number of halogens is 1. The van der Waals surface area contributed by atoms with Gasteiger partial charge >= 0.3 is 0 Å². The zero-order chi connectivity index (χ0) is 13.4. The second kappa shape index (κ2) is 4.63. The van der Waals surface area contributed by atoms with Crippen LogP contribution in [-0.2, 0) is 21.3 Å². The standard InChI is InChI=1S/C8H11ClN2O4S2/c1-11(2,16(12)13)6-3-4-7(9)8(5-6)17(10,14)15/h3-5H,1-2H3,(H2-,10,12,13,14,15). The van der Waals surface area contributed by atoms with Crippen molar-refractivity contribution in [2.24, 2.45) is 5.14 Å². The molecule has 0 aliphatic heterocycles. The Morgan fingerprint density at radius 3 is 2.35 bits per heavy atom. The zero-order valence-corrected chi connectivity index (χ0v) is 11.5. The molecule has 0 saturated carbocycles. The monoisotopic (exact) mass is 298 g/mol. The number of nitrogens with two attached hydrogens (primary N) is 1. The van der Waals surface area contributed by atoms with Crippen LogP contribution in [0.2, 0.25) is 5.02 Å². The van der Waals surface area contributed by atoms with Crippen LogP contribution in [0.1, 0.15) is 0 Å². The molecule has 1 unspecified atom stereocenters. The summed E-state index contributed by atoms with van der Waals surface area (Å²) in [7, 11) is -1.21. The van der Waals surface area contributed by atoms with E-state index in [9.17, 15) is 17.2 Å². The van der Waals surface area contributed by atoms with Crippen LogP contribution in [0.5, 0.6) is 0 Å². The van der Waals surface area contributed by atoms with Crippen LogP contribution in [0.15, 0.2) is 23.1 Å². The topological polar surface area (TPSA) is 100 Å². The third kappa shape index (κ3) is 3.03. The van der Waals surface area contributed by atoms with E-state index in [4.69, 9.17) is 16.7 Å². The van der Waals surface area contributed by atoms with Crippen molar-refractivity contribution in [3.05, 3.63) is 23.2 Å². The van der Waals surface area contributed by atoms with E-state index in [0.717, 1.165) is 6.07 Å². The van der Waals surface area contributed by atoms with Gasteiger partial charge in [-0.1, -0.05) is 11.6 Å². The molecule has 0 aromatic heterocycles. The largest absolute Gasteiger partial charge is 0.724 e. The molecule has 1 aromatic rings. The van der Waals surface area contributed by atoms with Crippen molar-refractivity contribution >= 4 is 38.6 Å². The average molecular weight is 299 g/mol. The van der Waals surface area contributed by atoms with Crippen molar-refractivity contribution in [1.29, 1.82) is 0 Å². The van der Waals surface area contributed by atoms with Crippen LogP contribution in [0.3, 0.4) is 0 Å². The van der Waals surface area contributed by atoms with Crippen LogP contribution in [-0.4, -0.2) is 31.3 Å². The molecule has 0 heterocycles. The maximum atomic E-state index is 11.2. The Balaban J connectivity index is 3.47. The molecule has 0 aliphatic carbocycles. The van der Waals surface area contributed by atoms with Gasteiger partial charge in [-0.2, -0.15) is 0 Å². The molecule has 0 fully saturated rings. The summed E-state index contributed by atoms with van der Waals surface area (Å²) in [6, 6.07) is 3.86. The van der Waals surface area contributed by atoms with Crippen LogP contribution in [0.25, 0.3) is 0 Å². The van der Waals surface area contributed by atoms with Crippen molar-refractivity contribution in [3.8, 4) is 0 Å². The first-order valence-electron chi connectivity index (χ1n) is 4.33. The first-order chi connectivity index (χ1) is 7.56. The third-order valence-electron chi connectivity index (χ3n) is 2.22. The van der Waals surface area contributed by atoms with Gasteiger partial charge in [-0.25, -0.2) is 21.7 Å². The average Bonchev–Trinajstić information content (AvgIpc) is 2.15. The molecule has 1 aromatic carbocycles. The minimum atomic E-state index is -3.98. The SMILES string of the molecule is C[N+](C)(c1ccc(Cl)c(S(N)(=O)=O)c1)S(=O)[O-]. The summed E-state index contributed by atoms with van der Waals surface area (Å²) in [5.41, 5.74) is 0.242. The first kappa shape index (κ1) is 14.6. The second-order valence-electron chi connectivity index (χ2n) is 3.73. The van der Waals surface area contributed by atoms with E-state index in [0.29, 0.717) is 0 Å². The summed E-state index contributed by atoms with van der Waals surface area (Å²) >= 11 is 3.23. The lowest BCUT2D eigenvalue weighted by atomic mass is 10.3. The molecule has 2 N–H and O–H groups in total. The number of hydrogen-bond acceptors (Lipinski definition) is 4. The molecule has 1 atom stereocenters. The number of quaternary nitrogens is 1. The molecule has 17 heavy (non-hydrogen) atoms. The number of sulfonamides is 1. The van der Waals surface area contributed by atoms with E-state index in [2.05, 4.69) is 0 Å². The predicted molar refractivity (Wildman–Crippen MR) is 65.4 cm³/mol. The van der Waals surface area contributed by atoms with Crippen LogP contribution < -0.4 is 9.03 Å². The molecular weight excluding hydrogens is 288 g/mol. The summed E-state index contributed by atoms with van der Waals surface area (Å²) in [4.78, 5) is -0.298. The number of benzene rings is 1. The van der Waals surface area contributed by atoms with Crippen LogP contribution >= 0.6 is 11.6 Å². The fourth-order valence-electron chi connectivity index (χ4n) is 1.13. The molecule has 0 radical (unpaired) electrons. The first-order valence-corrected chi connectivity index (χ1v) is 7.29. The van der Waals surface area contributed by atoms with Crippen molar-refractivity contribution in [3.63, 3.8) is 0 Å². The van der Waals surface area contributed by atoms with Crippen molar-refractivity contribution in [2.45, 2.75) is 4.90 Å². The number of rotatable bonds is 3. The van der Waals surface area contributed by atoms with E-state index >= 15 is 0 Å². The predicted octanol–water partition coefficient (Wildman–Crippen LogP) is 0.348. The molecule has 0 spiro atoms. The van der Waals surface area contributed by atoms with Crippen molar-refractivity contribution < 1.29 is 17.2 Å². The minimum absolute atomic E-state index is 0.0482. The van der Waals surface area contributed by atoms with E-state index < -0.39 is 25.2 Å². The highest BCUT2D eigenvalue weighted by molar-refractivity contribution is 7.89. The van der Waals surface area contributed by atoms with Crippen molar-refractivity contribution in [2.75, 3.05) is 14.1 Å². The minimum Gasteiger partial charge on any atom is -0.724 e. The van der Waals surface area contributed by atoms with E-state index in [-0.39, 0.29) is 15.6 Å². The van der Waals surface area contributed by atoms with E-state index in [1.807, 2.05) is 0 Å². The molecule has 0 bridgehead atoms. The quantitative estimate of drug-likeness (QED) is 0.642. The van der Waals surface area contributed by atoms with Gasteiger partial charge in [0.05, 0.1) is 19.1 Å². The molecule has 9 heteroatoms. The molecule has 96 valence electrons. The van der Waals surface area contributed by atoms with Gasteiger partial charge in [-0.3, -0.25) is 0 Å². The van der Waals surface area contributed by atoms with Crippen LogP contribution in [0.4, 0.5) is 5.69 Å². The Hall–Kier alpha value is -0.510. The second-order valence-corrected chi connectivity index (χ2v) is 7.01. The Kier molecular flexibility index (Phi) is 3.97. The molecular formula is C8H11ClN2O4S2. The summed E-state index contributed by atoms with van der Waals surface area (Å²) in [5.74, 6) is 0. The Labute approximate surface area is 107 Å². The molecule has 1 rings (SSSR count). The van der Waals surface area contributed by atoms with E-state index in [1.54, 1.807) is 0 Å². The smallest absolute Gasteiger partial charge is 0.239 e. The Bertz CT molecular complexity index is 571. The Morgan fingerprint density at radius 2 is 1.94 bits per heavy atom. The van der Waals surface area contributed by atoms with Gasteiger partial charge in [0.2, 0.25) is 10.0 Å². The van der Waals surface area contributed by atoms with Crippen molar-refractivity contribution in [1.82, 2.24) is 3.89 Å².